The van der Waals surface area contributed by atoms with Gasteiger partial charge >= 0.3 is 0 Å². The van der Waals surface area contributed by atoms with Gasteiger partial charge in [-0.3, -0.25) is 14.4 Å². The molecule has 3 aromatic heterocycles. The summed E-state index contributed by atoms with van der Waals surface area (Å²) < 4.78 is 44.9. The number of anilines is 1. The van der Waals surface area contributed by atoms with Crippen LogP contribution in [0.1, 0.15) is 0 Å². The summed E-state index contributed by atoms with van der Waals surface area (Å²) in [5.41, 5.74) is 3.38. The number of rotatable bonds is 7. The summed E-state index contributed by atoms with van der Waals surface area (Å²) in [6, 6.07) is 7.29. The Hall–Kier alpha value is -3.44. The van der Waals surface area contributed by atoms with Crippen LogP contribution in [0, 0.1) is 0 Å². The zero-order chi connectivity index (χ0) is 22.0. The number of methoxy groups -OCH3 is 2. The molecule has 0 saturated carbocycles. The van der Waals surface area contributed by atoms with E-state index in [0.29, 0.717) is 11.3 Å². The van der Waals surface area contributed by atoms with Crippen LogP contribution in [0.15, 0.2) is 59.3 Å². The first-order chi connectivity index (χ1) is 14.9. The van der Waals surface area contributed by atoms with Crippen LogP contribution >= 0.6 is 11.5 Å². The van der Waals surface area contributed by atoms with Crippen LogP contribution in [0.4, 0.5) is 5.69 Å². The highest BCUT2D eigenvalue weighted by Gasteiger charge is 2.22. The fourth-order valence-electron chi connectivity index (χ4n) is 3.05. The van der Waals surface area contributed by atoms with Gasteiger partial charge in [-0.2, -0.15) is 9.47 Å². The van der Waals surface area contributed by atoms with Crippen molar-refractivity contribution < 1.29 is 17.9 Å². The van der Waals surface area contributed by atoms with E-state index in [9.17, 15) is 8.42 Å². The lowest BCUT2D eigenvalue weighted by Crippen LogP contribution is -2.13. The number of ether oxygens (including phenoxy) is 2. The predicted molar refractivity (Wildman–Crippen MR) is 118 cm³/mol. The molecule has 0 radical (unpaired) electrons. The molecular formula is C20H19N5O4S2. The van der Waals surface area contributed by atoms with Crippen LogP contribution in [-0.2, 0) is 17.1 Å². The minimum absolute atomic E-state index is 0.0358. The SMILES string of the molecule is COc1cc(-c2cncc(-c3ccsn3)c2)cc(NS(=O)(=O)c2cnn(C)c2)c1OC. The molecule has 3 heterocycles. The molecule has 31 heavy (non-hydrogen) atoms. The molecule has 0 atom stereocenters. The largest absolute Gasteiger partial charge is 0.493 e. The fourth-order valence-corrected chi connectivity index (χ4v) is 4.61. The van der Waals surface area contributed by atoms with Crippen molar-refractivity contribution in [1.29, 1.82) is 0 Å². The second kappa shape index (κ2) is 8.36. The van der Waals surface area contributed by atoms with Crippen molar-refractivity contribution >= 4 is 27.2 Å². The lowest BCUT2D eigenvalue weighted by molar-refractivity contribution is 0.356. The minimum Gasteiger partial charge on any atom is -0.493 e. The quantitative estimate of drug-likeness (QED) is 0.453. The van der Waals surface area contributed by atoms with E-state index in [1.165, 1.54) is 42.8 Å². The number of nitrogens with zero attached hydrogens (tertiary/aromatic N) is 4. The van der Waals surface area contributed by atoms with E-state index in [-0.39, 0.29) is 16.3 Å². The summed E-state index contributed by atoms with van der Waals surface area (Å²) in [6.07, 6.45) is 6.11. The van der Waals surface area contributed by atoms with Gasteiger partial charge in [-0.15, -0.1) is 0 Å². The van der Waals surface area contributed by atoms with Crippen LogP contribution in [0.2, 0.25) is 0 Å². The molecule has 4 aromatic rings. The number of hydrogen-bond acceptors (Lipinski definition) is 8. The number of nitrogens with one attached hydrogen (secondary N) is 1. The van der Waals surface area contributed by atoms with Crippen LogP contribution < -0.4 is 14.2 Å². The van der Waals surface area contributed by atoms with Gasteiger partial charge in [-0.25, -0.2) is 8.42 Å². The van der Waals surface area contributed by atoms with Gasteiger partial charge in [0.1, 0.15) is 4.90 Å². The summed E-state index contributed by atoms with van der Waals surface area (Å²) in [7, 11) is 0.698. The standard InChI is InChI=1S/C20H19N5O4S2/c1-25-12-16(11-22-25)31(26,27)24-18-7-13(8-19(28-2)20(18)29-3)14-6-15(10-21-9-14)17-4-5-30-23-17/h4-12,24H,1-3H3. The first-order valence-corrected chi connectivity index (χ1v) is 11.4. The Bertz CT molecular complexity index is 1320. The summed E-state index contributed by atoms with van der Waals surface area (Å²) in [6.45, 7) is 0. The number of benzene rings is 1. The predicted octanol–water partition coefficient (Wildman–Crippen LogP) is 3.42. The van der Waals surface area contributed by atoms with Crippen molar-refractivity contribution in [3.05, 3.63) is 54.4 Å². The third-order valence-corrected chi connectivity index (χ3v) is 6.40. The van der Waals surface area contributed by atoms with E-state index >= 15 is 0 Å². The molecule has 11 heteroatoms. The van der Waals surface area contributed by atoms with Gasteiger partial charge in [-0.05, 0) is 41.4 Å². The van der Waals surface area contributed by atoms with Gasteiger partial charge in [0.15, 0.2) is 11.5 Å². The van der Waals surface area contributed by atoms with Gasteiger partial charge in [0.2, 0.25) is 0 Å². The zero-order valence-corrected chi connectivity index (χ0v) is 18.6. The van der Waals surface area contributed by atoms with Gasteiger partial charge in [-0.1, -0.05) is 0 Å². The molecule has 0 aliphatic carbocycles. The highest BCUT2D eigenvalue weighted by Crippen LogP contribution is 2.41. The zero-order valence-electron chi connectivity index (χ0n) is 16.9. The lowest BCUT2D eigenvalue weighted by Gasteiger charge is -2.16. The molecule has 1 aromatic carbocycles. The van der Waals surface area contributed by atoms with Crippen molar-refractivity contribution in [1.82, 2.24) is 19.1 Å². The van der Waals surface area contributed by atoms with Crippen molar-refractivity contribution in [2.75, 3.05) is 18.9 Å². The van der Waals surface area contributed by atoms with Crippen molar-refractivity contribution in [3.63, 3.8) is 0 Å². The molecule has 9 nitrogen and oxygen atoms in total. The summed E-state index contributed by atoms with van der Waals surface area (Å²) >= 11 is 1.36. The Morgan fingerprint density at radius 2 is 1.84 bits per heavy atom. The van der Waals surface area contributed by atoms with E-state index in [4.69, 9.17) is 9.47 Å². The van der Waals surface area contributed by atoms with Crippen LogP contribution in [0.5, 0.6) is 11.5 Å². The molecule has 0 fully saturated rings. The number of aromatic nitrogens is 4. The van der Waals surface area contributed by atoms with Gasteiger partial charge in [0.25, 0.3) is 10.0 Å². The maximum atomic E-state index is 12.9. The van der Waals surface area contributed by atoms with E-state index < -0.39 is 10.0 Å². The molecule has 0 unspecified atom stereocenters. The Morgan fingerprint density at radius 3 is 2.48 bits per heavy atom. The molecule has 160 valence electrons. The Morgan fingerprint density at radius 1 is 1.03 bits per heavy atom. The summed E-state index contributed by atoms with van der Waals surface area (Å²) in [5, 5.41) is 5.82. The lowest BCUT2D eigenvalue weighted by atomic mass is 10.0. The number of pyridine rings is 1. The summed E-state index contributed by atoms with van der Waals surface area (Å²) in [4.78, 5) is 4.35. The summed E-state index contributed by atoms with van der Waals surface area (Å²) in [5.74, 6) is 0.644. The third kappa shape index (κ3) is 4.23. The maximum absolute atomic E-state index is 12.9. The second-order valence-electron chi connectivity index (χ2n) is 6.56. The van der Waals surface area contributed by atoms with Crippen molar-refractivity contribution in [3.8, 4) is 33.9 Å². The molecule has 0 spiro atoms. The van der Waals surface area contributed by atoms with Crippen molar-refractivity contribution in [2.24, 2.45) is 7.05 Å². The molecule has 0 aliphatic rings. The van der Waals surface area contributed by atoms with Gasteiger partial charge in [0, 0.05) is 42.1 Å². The van der Waals surface area contributed by atoms with Crippen LogP contribution in [0.25, 0.3) is 22.4 Å². The molecule has 0 saturated heterocycles. The average molecular weight is 458 g/mol. The van der Waals surface area contributed by atoms with E-state index in [2.05, 4.69) is 19.2 Å². The Balaban J connectivity index is 1.80. The molecule has 1 N–H and O–H groups in total. The monoisotopic (exact) mass is 457 g/mol. The minimum atomic E-state index is -3.89. The highest BCUT2D eigenvalue weighted by atomic mass is 32.2. The third-order valence-electron chi connectivity index (χ3n) is 4.52. The molecular weight excluding hydrogens is 438 g/mol. The second-order valence-corrected chi connectivity index (χ2v) is 8.91. The molecule has 0 amide bonds. The van der Waals surface area contributed by atoms with E-state index in [1.807, 2.05) is 17.5 Å². The normalized spacial score (nSPS) is 11.3. The first-order valence-electron chi connectivity index (χ1n) is 9.05. The van der Waals surface area contributed by atoms with Crippen molar-refractivity contribution in [2.45, 2.75) is 4.90 Å². The van der Waals surface area contributed by atoms with Gasteiger partial charge in [0.05, 0.1) is 31.8 Å². The van der Waals surface area contributed by atoms with E-state index in [1.54, 1.807) is 31.6 Å². The number of hydrogen-bond donors (Lipinski definition) is 1. The molecule has 0 aliphatic heterocycles. The average Bonchev–Trinajstić information content (AvgIpc) is 3.45. The van der Waals surface area contributed by atoms with E-state index in [0.717, 1.165) is 16.8 Å². The number of aryl methyl sites for hydroxylation is 1. The van der Waals surface area contributed by atoms with Crippen LogP contribution in [0.3, 0.4) is 0 Å². The fraction of sp³-hybridized carbons (Fsp3) is 0.150. The van der Waals surface area contributed by atoms with Crippen LogP contribution in [-0.4, -0.2) is 41.8 Å². The van der Waals surface area contributed by atoms with Gasteiger partial charge < -0.3 is 9.47 Å². The number of sulfonamides is 1. The highest BCUT2D eigenvalue weighted by molar-refractivity contribution is 7.92. The topological polar surface area (TPSA) is 108 Å². The molecule has 0 bridgehead atoms. The Labute approximate surface area is 183 Å². The first kappa shape index (κ1) is 20.8. The smallest absolute Gasteiger partial charge is 0.265 e. The maximum Gasteiger partial charge on any atom is 0.265 e. The molecule has 4 rings (SSSR count). The Kier molecular flexibility index (Phi) is 5.61.